The van der Waals surface area contributed by atoms with Crippen LogP contribution >= 0.6 is 0 Å². The number of aryl methyl sites for hydroxylation is 2. The summed E-state index contributed by atoms with van der Waals surface area (Å²) in [5, 5.41) is 21.5. The van der Waals surface area contributed by atoms with Crippen molar-refractivity contribution in [2.75, 3.05) is 16.1 Å². The molecule has 4 aromatic rings. The Morgan fingerprint density at radius 2 is 1.46 bits per heavy atom. The highest BCUT2D eigenvalue weighted by Gasteiger charge is 2.10. The predicted octanol–water partition coefficient (Wildman–Crippen LogP) is 6.39. The van der Waals surface area contributed by atoms with Crippen LogP contribution in [0, 0.1) is 24.0 Å². The minimum atomic E-state index is -0.452. The van der Waals surface area contributed by atoms with E-state index in [1.54, 1.807) is 18.3 Å². The van der Waals surface area contributed by atoms with Gasteiger partial charge in [0.05, 0.1) is 11.1 Å². The number of nitro benzene ring substituents is 1. The van der Waals surface area contributed by atoms with Gasteiger partial charge in [0, 0.05) is 23.5 Å². The van der Waals surface area contributed by atoms with Gasteiger partial charge in [-0.15, -0.1) is 0 Å². The number of anilines is 5. The molecule has 10 nitrogen and oxygen atoms in total. The molecule has 4 rings (SSSR count). The lowest BCUT2D eigenvalue weighted by atomic mass is 10.1. The summed E-state index contributed by atoms with van der Waals surface area (Å²) in [5.41, 5.74) is 8.58. The first kappa shape index (κ1) is 25.0. The Hall–Kier alpha value is -5.12. The van der Waals surface area contributed by atoms with Crippen LogP contribution in [0.25, 0.3) is 6.08 Å². The third kappa shape index (κ3) is 7.18. The number of hydrogen-bond acceptors (Lipinski definition) is 9. The van der Waals surface area contributed by atoms with Crippen LogP contribution in [0.2, 0.25) is 0 Å². The summed E-state index contributed by atoms with van der Waals surface area (Å²) in [5.74, 6) is 0.760. The van der Waals surface area contributed by atoms with E-state index in [2.05, 4.69) is 36.1 Å². The van der Waals surface area contributed by atoms with Gasteiger partial charge in [-0.1, -0.05) is 42.5 Å². The number of hydrogen-bond donors (Lipinski definition) is 3. The molecule has 0 atom stereocenters. The molecule has 0 aliphatic heterocycles. The second kappa shape index (κ2) is 11.5. The van der Waals surface area contributed by atoms with Gasteiger partial charge in [0.15, 0.2) is 0 Å². The molecule has 0 spiro atoms. The summed E-state index contributed by atoms with van der Waals surface area (Å²) >= 11 is 0. The van der Waals surface area contributed by atoms with Crippen LogP contribution in [-0.4, -0.2) is 26.1 Å². The highest BCUT2D eigenvalue weighted by atomic mass is 16.6. The molecule has 0 aliphatic carbocycles. The molecule has 0 aliphatic rings. The fourth-order valence-electron chi connectivity index (χ4n) is 3.32. The van der Waals surface area contributed by atoms with Crippen LogP contribution in [0.5, 0.6) is 0 Å². The maximum Gasteiger partial charge on any atom is 0.269 e. The number of nitro groups is 1. The number of nitrogens with zero attached hydrogens (tertiary/aromatic N) is 5. The highest BCUT2D eigenvalue weighted by molar-refractivity contribution is 5.85. The lowest BCUT2D eigenvalue weighted by molar-refractivity contribution is -0.384. The lowest BCUT2D eigenvalue weighted by Gasteiger charge is -2.11. The van der Waals surface area contributed by atoms with E-state index in [1.165, 1.54) is 17.7 Å². The van der Waals surface area contributed by atoms with Crippen molar-refractivity contribution in [2.24, 2.45) is 5.10 Å². The van der Waals surface area contributed by atoms with Crippen molar-refractivity contribution in [3.05, 3.63) is 105 Å². The molecule has 0 bridgehead atoms. The first-order valence-electron chi connectivity index (χ1n) is 11.5. The molecule has 1 aromatic heterocycles. The van der Waals surface area contributed by atoms with Crippen LogP contribution in [0.15, 0.2) is 83.5 Å². The van der Waals surface area contributed by atoms with E-state index in [-0.39, 0.29) is 17.6 Å². The number of non-ortho nitro benzene ring substituents is 1. The molecule has 186 valence electrons. The van der Waals surface area contributed by atoms with E-state index >= 15 is 0 Å². The summed E-state index contributed by atoms with van der Waals surface area (Å²) in [6.45, 7) is 6.02. The van der Waals surface area contributed by atoms with Crippen molar-refractivity contribution >= 4 is 47.2 Å². The van der Waals surface area contributed by atoms with Crippen molar-refractivity contribution in [3.8, 4) is 0 Å². The van der Waals surface area contributed by atoms with Crippen LogP contribution in [0.4, 0.5) is 34.9 Å². The smallest absolute Gasteiger partial charge is 0.269 e. The monoisotopic (exact) mass is 494 g/mol. The Morgan fingerprint density at radius 3 is 2.11 bits per heavy atom. The van der Waals surface area contributed by atoms with E-state index in [1.807, 2.05) is 75.4 Å². The van der Waals surface area contributed by atoms with Crippen molar-refractivity contribution < 1.29 is 4.92 Å². The number of hydrazone groups is 1. The van der Waals surface area contributed by atoms with Gasteiger partial charge >= 0.3 is 0 Å². The molecule has 3 aromatic carbocycles. The summed E-state index contributed by atoms with van der Waals surface area (Å²) in [6, 6.07) is 21.9. The SMILES string of the molecule is CC(/C=N\Nc1nc(Nc2ccc([N+](=O)[O-])cc2)nc(Nc2ccc(C)c(C)c2)n1)=C\c1ccccc1. The molecule has 0 fully saturated rings. The van der Waals surface area contributed by atoms with E-state index in [4.69, 9.17) is 0 Å². The van der Waals surface area contributed by atoms with Crippen molar-refractivity contribution in [3.63, 3.8) is 0 Å². The molecule has 37 heavy (non-hydrogen) atoms. The first-order chi connectivity index (χ1) is 17.9. The Kier molecular flexibility index (Phi) is 7.79. The minimum absolute atomic E-state index is 0.00564. The van der Waals surface area contributed by atoms with Gasteiger partial charge in [0.25, 0.3) is 5.69 Å². The summed E-state index contributed by atoms with van der Waals surface area (Å²) in [4.78, 5) is 23.8. The second-order valence-corrected chi connectivity index (χ2v) is 8.33. The molecular formula is C27H26N8O2. The van der Waals surface area contributed by atoms with Gasteiger partial charge in [-0.25, -0.2) is 5.43 Å². The fraction of sp³-hybridized carbons (Fsp3) is 0.111. The van der Waals surface area contributed by atoms with Gasteiger partial charge < -0.3 is 10.6 Å². The second-order valence-electron chi connectivity index (χ2n) is 8.33. The summed E-state index contributed by atoms with van der Waals surface area (Å²) in [7, 11) is 0. The summed E-state index contributed by atoms with van der Waals surface area (Å²) in [6.07, 6.45) is 3.68. The molecular weight excluding hydrogens is 468 g/mol. The molecule has 10 heteroatoms. The van der Waals surface area contributed by atoms with Gasteiger partial charge in [0.1, 0.15) is 0 Å². The van der Waals surface area contributed by atoms with Crippen molar-refractivity contribution in [1.82, 2.24) is 15.0 Å². The van der Waals surface area contributed by atoms with Crippen LogP contribution in [0.3, 0.4) is 0 Å². The summed E-state index contributed by atoms with van der Waals surface area (Å²) < 4.78 is 0. The third-order valence-corrected chi connectivity index (χ3v) is 5.36. The Labute approximate surface area is 214 Å². The molecule has 0 saturated carbocycles. The van der Waals surface area contributed by atoms with Gasteiger partial charge in [-0.2, -0.15) is 20.1 Å². The lowest BCUT2D eigenvalue weighted by Crippen LogP contribution is -2.07. The molecule has 0 unspecified atom stereocenters. The van der Waals surface area contributed by atoms with Crippen molar-refractivity contribution in [2.45, 2.75) is 20.8 Å². The standard InChI is InChI=1S/C27H26N8O2/c1-18(15-21-7-5-4-6-8-21)17-28-34-27-32-25(29-22-11-13-24(14-12-22)35(36)37)31-26(33-27)30-23-10-9-19(2)20(3)16-23/h4-17H,1-3H3,(H3,29,30,31,32,33,34)/b18-15+,28-17-. The molecule has 3 N–H and O–H groups in total. The van der Waals surface area contributed by atoms with Crippen molar-refractivity contribution in [1.29, 1.82) is 0 Å². The van der Waals surface area contributed by atoms with E-state index in [9.17, 15) is 10.1 Å². The van der Waals surface area contributed by atoms with Gasteiger partial charge in [-0.05, 0) is 67.3 Å². The average molecular weight is 495 g/mol. The zero-order valence-electron chi connectivity index (χ0n) is 20.6. The Balaban J connectivity index is 1.57. The fourth-order valence-corrected chi connectivity index (χ4v) is 3.32. The molecule has 0 saturated heterocycles. The Morgan fingerprint density at radius 1 is 0.838 bits per heavy atom. The molecule has 0 radical (unpaired) electrons. The quantitative estimate of drug-likeness (QED) is 0.139. The maximum atomic E-state index is 10.9. The normalized spacial score (nSPS) is 11.4. The van der Waals surface area contributed by atoms with Crippen LogP contribution in [-0.2, 0) is 0 Å². The van der Waals surface area contributed by atoms with Gasteiger partial charge in [0.2, 0.25) is 17.8 Å². The maximum absolute atomic E-state index is 10.9. The average Bonchev–Trinajstić information content (AvgIpc) is 2.87. The van der Waals surface area contributed by atoms with E-state index in [0.29, 0.717) is 11.6 Å². The highest BCUT2D eigenvalue weighted by Crippen LogP contribution is 2.22. The van der Waals surface area contributed by atoms with Crippen LogP contribution in [0.1, 0.15) is 23.6 Å². The van der Waals surface area contributed by atoms with Crippen LogP contribution < -0.4 is 16.1 Å². The first-order valence-corrected chi connectivity index (χ1v) is 11.5. The number of aromatic nitrogens is 3. The number of benzene rings is 3. The minimum Gasteiger partial charge on any atom is -0.324 e. The Bertz CT molecular complexity index is 1450. The number of rotatable bonds is 9. The van der Waals surface area contributed by atoms with E-state index in [0.717, 1.165) is 22.4 Å². The zero-order chi connectivity index (χ0) is 26.2. The number of allylic oxidation sites excluding steroid dienone is 1. The predicted molar refractivity (Wildman–Crippen MR) is 148 cm³/mol. The largest absolute Gasteiger partial charge is 0.324 e. The molecule has 0 amide bonds. The molecule has 1 heterocycles. The van der Waals surface area contributed by atoms with Gasteiger partial charge in [-0.3, -0.25) is 10.1 Å². The number of nitrogens with one attached hydrogen (secondary N) is 3. The zero-order valence-corrected chi connectivity index (χ0v) is 20.6. The third-order valence-electron chi connectivity index (χ3n) is 5.36. The van der Waals surface area contributed by atoms with E-state index < -0.39 is 4.92 Å². The topological polar surface area (TPSA) is 130 Å².